The van der Waals surface area contributed by atoms with Crippen LogP contribution < -0.4 is 4.63 Å². The van der Waals surface area contributed by atoms with Crippen molar-refractivity contribution in [3.63, 3.8) is 0 Å². The molecule has 1 N–H and O–H groups in total. The second kappa shape index (κ2) is 13.2. The van der Waals surface area contributed by atoms with E-state index in [1.54, 1.807) is 0 Å². The standard InChI is InChI=1S/C34H60N2O4SSi2/c1-22(2)43(23(3)4,24(5)6)31-35-30-27(16-15-17-29(30)41-31)28(37)20-25-18-19-26(40-42(13,14)34(10,11)12)21-36(25)32(38)39-33(7,8)9/h15-17,22-26,28,37H,18-21H2,1-14H3. The molecular weight excluding hydrogens is 589 g/mol. The number of hydrogen-bond acceptors (Lipinski definition) is 6. The first-order valence-corrected chi connectivity index (χ1v) is 22.3. The van der Waals surface area contributed by atoms with Crippen molar-refractivity contribution < 1.29 is 19.1 Å². The van der Waals surface area contributed by atoms with E-state index in [-0.39, 0.29) is 23.3 Å². The molecule has 1 aliphatic rings. The third kappa shape index (κ3) is 7.76. The maximum absolute atomic E-state index is 13.5. The summed E-state index contributed by atoms with van der Waals surface area (Å²) in [6.45, 7) is 31.6. The van der Waals surface area contributed by atoms with Gasteiger partial charge in [0.2, 0.25) is 0 Å². The highest BCUT2D eigenvalue weighted by atomic mass is 32.1. The number of benzene rings is 1. The van der Waals surface area contributed by atoms with Gasteiger partial charge in [0.25, 0.3) is 0 Å². The van der Waals surface area contributed by atoms with Crippen molar-refractivity contribution in [1.29, 1.82) is 0 Å². The molecule has 2 aromatic rings. The van der Waals surface area contributed by atoms with Crippen molar-refractivity contribution >= 4 is 48.7 Å². The normalized spacial score (nSPS) is 20.0. The van der Waals surface area contributed by atoms with Gasteiger partial charge >= 0.3 is 6.09 Å². The number of amides is 1. The van der Waals surface area contributed by atoms with E-state index in [9.17, 15) is 9.90 Å². The Labute approximate surface area is 268 Å². The van der Waals surface area contributed by atoms with Gasteiger partial charge in [0.15, 0.2) is 8.32 Å². The van der Waals surface area contributed by atoms with E-state index in [4.69, 9.17) is 14.1 Å². The van der Waals surface area contributed by atoms with E-state index in [2.05, 4.69) is 81.5 Å². The van der Waals surface area contributed by atoms with Crippen LogP contribution in [0.15, 0.2) is 18.2 Å². The van der Waals surface area contributed by atoms with Crippen LogP contribution in [-0.4, -0.2) is 61.8 Å². The van der Waals surface area contributed by atoms with E-state index in [0.29, 0.717) is 29.6 Å². The van der Waals surface area contributed by atoms with Gasteiger partial charge in [0, 0.05) is 18.2 Å². The number of aliphatic hydroxyl groups excluding tert-OH is 1. The van der Waals surface area contributed by atoms with Crippen LogP contribution in [0.4, 0.5) is 4.79 Å². The Morgan fingerprint density at radius 2 is 1.60 bits per heavy atom. The van der Waals surface area contributed by atoms with Gasteiger partial charge in [-0.05, 0) is 80.9 Å². The lowest BCUT2D eigenvalue weighted by atomic mass is 9.93. The fourth-order valence-electron chi connectivity index (χ4n) is 7.02. The van der Waals surface area contributed by atoms with Crippen LogP contribution in [0.3, 0.4) is 0 Å². The van der Waals surface area contributed by atoms with Crippen molar-refractivity contribution in [1.82, 2.24) is 9.88 Å². The monoisotopic (exact) mass is 648 g/mol. The fourth-order valence-corrected chi connectivity index (χ4v) is 18.1. The second-order valence-corrected chi connectivity index (χ2v) is 28.2. The minimum atomic E-state index is -2.01. The summed E-state index contributed by atoms with van der Waals surface area (Å²) in [5.74, 6) is 0. The molecule has 1 aromatic carbocycles. The first-order valence-electron chi connectivity index (χ1n) is 16.4. The maximum atomic E-state index is 13.5. The minimum Gasteiger partial charge on any atom is -0.444 e. The molecule has 0 bridgehead atoms. The predicted molar refractivity (Wildman–Crippen MR) is 188 cm³/mol. The molecule has 43 heavy (non-hydrogen) atoms. The summed E-state index contributed by atoms with van der Waals surface area (Å²) in [6.07, 6.45) is 0.965. The number of nitrogens with zero attached hydrogens (tertiary/aromatic N) is 2. The lowest BCUT2D eigenvalue weighted by Gasteiger charge is -2.45. The summed E-state index contributed by atoms with van der Waals surface area (Å²) in [7, 11) is -3.94. The highest BCUT2D eigenvalue weighted by Gasteiger charge is 2.47. The molecule has 1 aliphatic heterocycles. The number of likely N-dealkylation sites (tertiary alicyclic amines) is 1. The topological polar surface area (TPSA) is 71.9 Å². The molecule has 0 spiro atoms. The lowest BCUT2D eigenvalue weighted by molar-refractivity contribution is -0.0189. The van der Waals surface area contributed by atoms with Crippen molar-refractivity contribution in [3.05, 3.63) is 23.8 Å². The van der Waals surface area contributed by atoms with E-state index in [1.165, 1.54) is 4.63 Å². The average Bonchev–Trinajstić information content (AvgIpc) is 3.26. The van der Waals surface area contributed by atoms with E-state index >= 15 is 0 Å². The van der Waals surface area contributed by atoms with Crippen molar-refractivity contribution in [2.45, 2.75) is 161 Å². The van der Waals surface area contributed by atoms with Gasteiger partial charge in [0.05, 0.1) is 27.1 Å². The zero-order chi connectivity index (χ0) is 32.7. The van der Waals surface area contributed by atoms with E-state index in [1.807, 2.05) is 49.1 Å². The van der Waals surface area contributed by atoms with Gasteiger partial charge in [0.1, 0.15) is 13.7 Å². The first kappa shape index (κ1) is 36.2. The number of rotatable bonds is 9. The Morgan fingerprint density at radius 3 is 2.12 bits per heavy atom. The zero-order valence-corrected chi connectivity index (χ0v) is 32.3. The summed E-state index contributed by atoms with van der Waals surface area (Å²) in [5, 5.41) is 11.9. The van der Waals surface area contributed by atoms with Crippen LogP contribution in [0.25, 0.3) is 10.2 Å². The third-order valence-corrected chi connectivity index (χ3v) is 23.4. The van der Waals surface area contributed by atoms with Crippen molar-refractivity contribution in [2.24, 2.45) is 0 Å². The number of carbonyl (C=O) groups excluding carboxylic acids is 1. The first-order chi connectivity index (χ1) is 19.6. The largest absolute Gasteiger partial charge is 0.444 e. The maximum Gasteiger partial charge on any atom is 0.410 e. The molecule has 1 amide bonds. The molecule has 1 fully saturated rings. The molecule has 0 saturated carbocycles. The summed E-state index contributed by atoms with van der Waals surface area (Å²) < 4.78 is 15.1. The Morgan fingerprint density at radius 1 is 1.02 bits per heavy atom. The second-order valence-electron chi connectivity index (χ2n) is 16.2. The Kier molecular flexibility index (Phi) is 11.1. The molecule has 1 saturated heterocycles. The quantitative estimate of drug-likeness (QED) is 0.274. The van der Waals surface area contributed by atoms with Gasteiger partial charge in [-0.15, -0.1) is 11.3 Å². The molecule has 6 nitrogen and oxygen atoms in total. The number of thiazole rings is 1. The van der Waals surface area contributed by atoms with Crippen LogP contribution in [0.2, 0.25) is 34.8 Å². The predicted octanol–water partition coefficient (Wildman–Crippen LogP) is 9.40. The van der Waals surface area contributed by atoms with Crippen LogP contribution in [0, 0.1) is 0 Å². The fraction of sp³-hybridized carbons (Fsp3) is 0.765. The van der Waals surface area contributed by atoms with Crippen LogP contribution in [0.1, 0.15) is 114 Å². The number of fused-ring (bicyclic) bond motifs is 1. The average molecular weight is 649 g/mol. The minimum absolute atomic E-state index is 0.0347. The summed E-state index contributed by atoms with van der Waals surface area (Å²) in [4.78, 5) is 20.7. The molecule has 3 unspecified atom stereocenters. The van der Waals surface area contributed by atoms with E-state index < -0.39 is 28.1 Å². The zero-order valence-electron chi connectivity index (χ0n) is 29.5. The Balaban J connectivity index is 1.94. The van der Waals surface area contributed by atoms with Crippen LogP contribution >= 0.6 is 11.3 Å². The lowest BCUT2D eigenvalue weighted by Crippen LogP contribution is -2.55. The molecule has 244 valence electrons. The number of aliphatic hydroxyl groups is 1. The third-order valence-electron chi connectivity index (χ3n) is 10.1. The highest BCUT2D eigenvalue weighted by molar-refractivity contribution is 7.31. The molecule has 3 rings (SSSR count). The summed E-state index contributed by atoms with van der Waals surface area (Å²) >= 11 is 1.83. The molecule has 9 heteroatoms. The van der Waals surface area contributed by atoms with Gasteiger partial charge in [-0.3, -0.25) is 0 Å². The summed E-state index contributed by atoms with van der Waals surface area (Å²) in [6, 6.07) is 6.06. The molecule has 0 radical (unpaired) electrons. The van der Waals surface area contributed by atoms with Gasteiger partial charge < -0.3 is 19.2 Å². The number of ether oxygens (including phenoxy) is 1. The number of piperidine rings is 1. The molecule has 0 aliphatic carbocycles. The van der Waals surface area contributed by atoms with Gasteiger partial charge in [-0.1, -0.05) is 74.4 Å². The smallest absolute Gasteiger partial charge is 0.410 e. The van der Waals surface area contributed by atoms with Crippen LogP contribution in [-0.2, 0) is 9.16 Å². The Hall–Kier alpha value is -1.27. The number of carbonyl (C=O) groups is 1. The van der Waals surface area contributed by atoms with Gasteiger partial charge in [-0.25, -0.2) is 9.78 Å². The number of hydrogen-bond donors (Lipinski definition) is 1. The van der Waals surface area contributed by atoms with Crippen molar-refractivity contribution in [2.75, 3.05) is 6.54 Å². The van der Waals surface area contributed by atoms with Crippen LogP contribution in [0.5, 0.6) is 0 Å². The molecule has 2 heterocycles. The molecular formula is C34H60N2O4SSi2. The summed E-state index contributed by atoms with van der Waals surface area (Å²) in [5.41, 5.74) is 2.87. The molecule has 1 aromatic heterocycles. The van der Waals surface area contributed by atoms with Crippen molar-refractivity contribution in [3.8, 4) is 0 Å². The Bertz CT molecular complexity index is 1220. The van der Waals surface area contributed by atoms with Gasteiger partial charge in [-0.2, -0.15) is 0 Å². The number of aromatic nitrogens is 1. The van der Waals surface area contributed by atoms with E-state index in [0.717, 1.165) is 28.6 Å². The SMILES string of the molecule is CC(C)[Si](c1nc2c(C(O)CC3CCC(O[Si](C)(C)C(C)(C)C)CN3C(=O)OC(C)(C)C)cccc2s1)(C(C)C)C(C)C. The molecule has 3 atom stereocenters. The number of para-hydroxylation sites is 1. The highest BCUT2D eigenvalue weighted by Crippen LogP contribution is 2.43.